The molecule has 1 aromatic carbocycles. The highest BCUT2D eigenvalue weighted by atomic mass is 32.2. The first kappa shape index (κ1) is 17.7. The highest BCUT2D eigenvalue weighted by Gasteiger charge is 2.30. The average molecular weight is 336 g/mol. The van der Waals surface area contributed by atoms with Crippen molar-refractivity contribution < 1.29 is 14.3 Å². The van der Waals surface area contributed by atoms with Gasteiger partial charge in [-0.15, -0.1) is 11.8 Å². The summed E-state index contributed by atoms with van der Waals surface area (Å²) in [6, 6.07) is 8.19. The predicted molar refractivity (Wildman–Crippen MR) is 92.5 cm³/mol. The molecule has 1 unspecified atom stereocenters. The number of benzene rings is 1. The number of urea groups is 1. The van der Waals surface area contributed by atoms with Crippen LogP contribution in [0.3, 0.4) is 0 Å². The topological polar surface area (TPSA) is 58.6 Å². The number of esters is 1. The molecule has 23 heavy (non-hydrogen) atoms. The van der Waals surface area contributed by atoms with Gasteiger partial charge in [0.15, 0.2) is 0 Å². The molecule has 126 valence electrons. The summed E-state index contributed by atoms with van der Waals surface area (Å²) in [5.74, 6) is 0.971. The van der Waals surface area contributed by atoms with Gasteiger partial charge in [-0.2, -0.15) is 0 Å². The van der Waals surface area contributed by atoms with Crippen LogP contribution in [-0.2, 0) is 9.53 Å². The molecule has 5 nitrogen and oxygen atoms in total. The van der Waals surface area contributed by atoms with Gasteiger partial charge >= 0.3 is 12.0 Å². The van der Waals surface area contributed by atoms with E-state index >= 15 is 0 Å². The van der Waals surface area contributed by atoms with Crippen LogP contribution in [0, 0.1) is 0 Å². The van der Waals surface area contributed by atoms with Crippen molar-refractivity contribution >= 4 is 23.8 Å². The van der Waals surface area contributed by atoms with Crippen LogP contribution in [0.4, 0.5) is 4.79 Å². The van der Waals surface area contributed by atoms with Crippen LogP contribution < -0.4 is 5.32 Å². The normalized spacial score (nSPS) is 17.4. The van der Waals surface area contributed by atoms with Crippen LogP contribution in [0.1, 0.15) is 43.2 Å². The van der Waals surface area contributed by atoms with Gasteiger partial charge in [-0.05, 0) is 24.0 Å². The van der Waals surface area contributed by atoms with E-state index in [1.165, 1.54) is 5.56 Å². The van der Waals surface area contributed by atoms with E-state index in [1.54, 1.807) is 23.6 Å². The maximum atomic E-state index is 12.3. The van der Waals surface area contributed by atoms with Gasteiger partial charge in [0.25, 0.3) is 0 Å². The Morgan fingerprint density at radius 1 is 1.35 bits per heavy atom. The number of amides is 2. The Morgan fingerprint density at radius 3 is 2.65 bits per heavy atom. The Kier molecular flexibility index (Phi) is 6.33. The van der Waals surface area contributed by atoms with Gasteiger partial charge < -0.3 is 15.0 Å². The highest BCUT2D eigenvalue weighted by Crippen LogP contribution is 2.38. The zero-order valence-electron chi connectivity index (χ0n) is 13.9. The zero-order valence-corrected chi connectivity index (χ0v) is 14.7. The largest absolute Gasteiger partial charge is 0.465 e. The van der Waals surface area contributed by atoms with Crippen molar-refractivity contribution in [3.8, 4) is 0 Å². The third kappa shape index (κ3) is 4.64. The smallest absolute Gasteiger partial charge is 0.325 e. The predicted octanol–water partition coefficient (Wildman–Crippen LogP) is 3.13. The van der Waals surface area contributed by atoms with Gasteiger partial charge in [0.1, 0.15) is 11.9 Å². The molecule has 6 heteroatoms. The number of nitrogens with zero attached hydrogens (tertiary/aromatic N) is 1. The van der Waals surface area contributed by atoms with E-state index in [0.29, 0.717) is 19.1 Å². The number of thioether (sulfide) groups is 1. The minimum atomic E-state index is -0.412. The van der Waals surface area contributed by atoms with Crippen LogP contribution in [0.15, 0.2) is 24.3 Å². The summed E-state index contributed by atoms with van der Waals surface area (Å²) < 4.78 is 4.82. The molecule has 1 aliphatic rings. The fourth-order valence-corrected chi connectivity index (χ4v) is 3.72. The van der Waals surface area contributed by atoms with Crippen molar-refractivity contribution in [1.29, 1.82) is 0 Å². The number of carbonyl (C=O) groups is 2. The number of nitrogens with one attached hydrogen (secondary N) is 1. The lowest BCUT2D eigenvalue weighted by Gasteiger charge is -2.24. The fraction of sp³-hybridized carbons (Fsp3) is 0.529. The first-order chi connectivity index (χ1) is 11.0. The molecular formula is C17H24N2O3S. The van der Waals surface area contributed by atoms with Crippen molar-refractivity contribution in [2.24, 2.45) is 0 Å². The molecule has 1 aromatic rings. The molecule has 0 bridgehead atoms. The number of hydrogen-bond donors (Lipinski definition) is 1. The quantitative estimate of drug-likeness (QED) is 0.839. The van der Waals surface area contributed by atoms with Crippen molar-refractivity contribution in [3.63, 3.8) is 0 Å². The molecule has 1 atom stereocenters. The van der Waals surface area contributed by atoms with E-state index in [0.717, 1.165) is 11.3 Å². The minimum absolute atomic E-state index is 0.00147. The monoisotopic (exact) mass is 336 g/mol. The Balaban J connectivity index is 1.99. The zero-order chi connectivity index (χ0) is 16.8. The van der Waals surface area contributed by atoms with Crippen molar-refractivity contribution in [2.45, 2.75) is 32.1 Å². The molecule has 1 N–H and O–H groups in total. The Morgan fingerprint density at radius 2 is 2.04 bits per heavy atom. The van der Waals surface area contributed by atoms with Gasteiger partial charge in [-0.25, -0.2) is 4.79 Å². The lowest BCUT2D eigenvalue weighted by atomic mass is 10.0. The molecule has 0 aromatic heterocycles. The molecule has 2 amide bonds. The lowest BCUT2D eigenvalue weighted by Crippen LogP contribution is -2.41. The fourth-order valence-electron chi connectivity index (χ4n) is 2.46. The first-order valence-corrected chi connectivity index (χ1v) is 8.99. The Hall–Kier alpha value is -1.69. The number of hydrogen-bond acceptors (Lipinski definition) is 4. The molecular weight excluding hydrogens is 312 g/mol. The third-order valence-electron chi connectivity index (χ3n) is 3.73. The number of carbonyl (C=O) groups excluding carboxylic acids is 2. The SMILES string of the molecule is CCOC(=O)CNC(=O)N1CCSC1c1ccc(C(C)C)cc1. The van der Waals surface area contributed by atoms with Gasteiger partial charge in [0.05, 0.1) is 6.61 Å². The summed E-state index contributed by atoms with van der Waals surface area (Å²) in [5.41, 5.74) is 2.40. The molecule has 0 spiro atoms. The van der Waals surface area contributed by atoms with Crippen LogP contribution in [-0.4, -0.2) is 42.3 Å². The second-order valence-corrected chi connectivity index (χ2v) is 6.89. The van der Waals surface area contributed by atoms with Gasteiger partial charge in [0.2, 0.25) is 0 Å². The van der Waals surface area contributed by atoms with Crippen molar-refractivity contribution in [1.82, 2.24) is 10.2 Å². The van der Waals surface area contributed by atoms with Crippen LogP contribution in [0.25, 0.3) is 0 Å². The average Bonchev–Trinajstić information content (AvgIpc) is 3.02. The van der Waals surface area contributed by atoms with Gasteiger partial charge in [0, 0.05) is 12.3 Å². The van der Waals surface area contributed by atoms with E-state index in [4.69, 9.17) is 4.74 Å². The minimum Gasteiger partial charge on any atom is -0.465 e. The van der Waals surface area contributed by atoms with E-state index in [2.05, 4.69) is 43.4 Å². The van der Waals surface area contributed by atoms with E-state index in [9.17, 15) is 9.59 Å². The highest BCUT2D eigenvalue weighted by molar-refractivity contribution is 7.99. The van der Waals surface area contributed by atoms with Crippen LogP contribution in [0.2, 0.25) is 0 Å². The standard InChI is InChI=1S/C17H24N2O3S/c1-4-22-15(20)11-18-17(21)19-9-10-23-16(19)14-7-5-13(6-8-14)12(2)3/h5-8,12,16H,4,9-11H2,1-3H3,(H,18,21). The molecule has 0 radical (unpaired) electrons. The summed E-state index contributed by atoms with van der Waals surface area (Å²) in [4.78, 5) is 25.4. The number of ether oxygens (including phenoxy) is 1. The second-order valence-electron chi connectivity index (χ2n) is 5.70. The lowest BCUT2D eigenvalue weighted by molar-refractivity contribution is -0.141. The molecule has 0 aliphatic carbocycles. The summed E-state index contributed by atoms with van der Waals surface area (Å²) in [5, 5.41) is 2.64. The first-order valence-electron chi connectivity index (χ1n) is 7.94. The maximum Gasteiger partial charge on any atom is 0.325 e. The van der Waals surface area contributed by atoms with E-state index in [-0.39, 0.29) is 17.9 Å². The van der Waals surface area contributed by atoms with Gasteiger partial charge in [-0.3, -0.25) is 4.79 Å². The maximum absolute atomic E-state index is 12.3. The van der Waals surface area contributed by atoms with Crippen LogP contribution >= 0.6 is 11.8 Å². The van der Waals surface area contributed by atoms with Crippen molar-refractivity contribution in [3.05, 3.63) is 35.4 Å². The molecule has 0 saturated carbocycles. The Labute approximate surface area is 141 Å². The summed E-state index contributed by atoms with van der Waals surface area (Å²) in [6.45, 7) is 6.97. The third-order valence-corrected chi connectivity index (χ3v) is 4.99. The molecule has 1 saturated heterocycles. The molecule has 1 fully saturated rings. The molecule has 1 heterocycles. The Bertz CT molecular complexity index is 545. The van der Waals surface area contributed by atoms with E-state index < -0.39 is 5.97 Å². The summed E-state index contributed by atoms with van der Waals surface area (Å²) in [7, 11) is 0. The van der Waals surface area contributed by atoms with Crippen molar-refractivity contribution in [2.75, 3.05) is 25.4 Å². The second kappa shape index (κ2) is 8.24. The molecule has 2 rings (SSSR count). The van der Waals surface area contributed by atoms with Gasteiger partial charge in [-0.1, -0.05) is 38.1 Å². The van der Waals surface area contributed by atoms with E-state index in [1.807, 2.05) is 0 Å². The molecule has 1 aliphatic heterocycles. The number of rotatable bonds is 5. The van der Waals surface area contributed by atoms with Crippen LogP contribution in [0.5, 0.6) is 0 Å². The summed E-state index contributed by atoms with van der Waals surface area (Å²) in [6.07, 6.45) is 0. The summed E-state index contributed by atoms with van der Waals surface area (Å²) >= 11 is 1.74.